The summed E-state index contributed by atoms with van der Waals surface area (Å²) in [6, 6.07) is 14.9. The van der Waals surface area contributed by atoms with E-state index in [2.05, 4.69) is 11.1 Å². The molecule has 0 spiro atoms. The van der Waals surface area contributed by atoms with Crippen LogP contribution in [0.15, 0.2) is 65.1 Å². The van der Waals surface area contributed by atoms with Crippen LogP contribution in [-0.4, -0.2) is 15.9 Å². The van der Waals surface area contributed by atoms with Gasteiger partial charge < -0.3 is 14.5 Å². The Morgan fingerprint density at radius 2 is 2.09 bits per heavy atom. The van der Waals surface area contributed by atoms with Gasteiger partial charge in [-0.15, -0.1) is 35.9 Å². The molecule has 2 aromatic heterocycles. The van der Waals surface area contributed by atoms with Crippen LogP contribution in [0.5, 0.6) is 0 Å². The number of pyridine rings is 1. The average molecular weight is 487 g/mol. The number of carbonyl (C=O) groups excluding carboxylic acids is 1. The van der Waals surface area contributed by atoms with Crippen LogP contribution in [0.2, 0.25) is 0 Å². The number of carbonyl (C=O) groups is 1. The molecule has 0 unspecified atom stereocenters. The molecule has 0 aliphatic rings. The molecule has 0 atom stereocenters. The fraction of sp³-hybridized carbons (Fsp3) is 0.111. The van der Waals surface area contributed by atoms with Gasteiger partial charge in [0.05, 0.1) is 18.2 Å². The Bertz CT molecular complexity index is 790. The molecule has 0 fully saturated rings. The van der Waals surface area contributed by atoms with E-state index in [4.69, 9.17) is 9.52 Å². The molecule has 0 aliphatic carbocycles. The second kappa shape index (κ2) is 9.03. The number of aliphatic hydroxyl groups excluding tert-OH is 1. The van der Waals surface area contributed by atoms with Crippen molar-refractivity contribution in [3.63, 3.8) is 0 Å². The smallest absolute Gasteiger partial charge is 0.155 e. The third-order valence-electron chi connectivity index (χ3n) is 2.74. The molecule has 23 heavy (non-hydrogen) atoms. The molecule has 0 bridgehead atoms. The molecule has 1 radical (unpaired) electrons. The summed E-state index contributed by atoms with van der Waals surface area (Å²) in [5, 5.41) is 9.43. The maximum Gasteiger partial charge on any atom is 0.155 e. The third kappa shape index (κ3) is 5.81. The molecule has 1 N–H and O–H groups in total. The number of furan rings is 1. The minimum atomic E-state index is -0.125. The van der Waals surface area contributed by atoms with E-state index in [0.717, 1.165) is 22.2 Å². The number of benzene rings is 1. The number of fused-ring (bicyclic) bond motifs is 1. The minimum absolute atomic E-state index is 0. The Balaban J connectivity index is 0.000000287. The molecule has 5 heteroatoms. The van der Waals surface area contributed by atoms with Crippen LogP contribution in [0.25, 0.3) is 22.2 Å². The zero-order valence-electron chi connectivity index (χ0n) is 12.7. The van der Waals surface area contributed by atoms with Gasteiger partial charge >= 0.3 is 0 Å². The van der Waals surface area contributed by atoms with E-state index in [0.29, 0.717) is 0 Å². The Kier molecular flexibility index (Phi) is 7.39. The molecule has 0 amide bonds. The molecule has 121 valence electrons. The predicted octanol–water partition coefficient (Wildman–Crippen LogP) is 4.33. The summed E-state index contributed by atoms with van der Waals surface area (Å²) in [6.07, 6.45) is 4.58. The Morgan fingerprint density at radius 1 is 1.30 bits per heavy atom. The van der Waals surface area contributed by atoms with E-state index >= 15 is 0 Å². The van der Waals surface area contributed by atoms with Crippen molar-refractivity contribution < 1.29 is 34.4 Å². The summed E-state index contributed by atoms with van der Waals surface area (Å²) < 4.78 is 5.24. The van der Waals surface area contributed by atoms with E-state index in [1.54, 1.807) is 12.5 Å². The molecule has 2 heterocycles. The standard InChI is InChI=1S/C13H8NO.C5H8O2.Ir/c1-2-4-10(5-3-1)12-8-11-6-7-15-13(11)9-14-12;1-4(6)3-5(2)7;/h1-4,6-9H;3,6H,1-2H3;/q-1;;/b;4-3-;. The van der Waals surface area contributed by atoms with Gasteiger partial charge in [-0.3, -0.25) is 4.79 Å². The second-order valence-corrected chi connectivity index (χ2v) is 4.70. The second-order valence-electron chi connectivity index (χ2n) is 4.70. The Morgan fingerprint density at radius 3 is 2.65 bits per heavy atom. The van der Waals surface area contributed by atoms with E-state index < -0.39 is 0 Å². The van der Waals surface area contributed by atoms with Gasteiger partial charge in [-0.05, 0) is 25.6 Å². The van der Waals surface area contributed by atoms with Crippen LogP contribution < -0.4 is 0 Å². The number of nitrogens with zero attached hydrogens (tertiary/aromatic N) is 1. The van der Waals surface area contributed by atoms with Crippen LogP contribution in [0.4, 0.5) is 0 Å². The van der Waals surface area contributed by atoms with Crippen LogP contribution in [0, 0.1) is 6.07 Å². The van der Waals surface area contributed by atoms with Gasteiger partial charge in [-0.25, -0.2) is 0 Å². The van der Waals surface area contributed by atoms with Crippen LogP contribution in [-0.2, 0) is 24.9 Å². The number of aliphatic hydroxyl groups is 1. The fourth-order valence-corrected chi connectivity index (χ4v) is 1.86. The summed E-state index contributed by atoms with van der Waals surface area (Å²) in [6.45, 7) is 2.85. The number of ketones is 1. The summed E-state index contributed by atoms with van der Waals surface area (Å²) in [4.78, 5) is 14.3. The molecule has 3 aromatic rings. The first-order valence-corrected chi connectivity index (χ1v) is 6.74. The zero-order chi connectivity index (χ0) is 15.9. The molecule has 0 saturated carbocycles. The molecular formula is C18H16IrNO3-. The van der Waals surface area contributed by atoms with Crippen molar-refractivity contribution in [1.82, 2.24) is 4.98 Å². The van der Waals surface area contributed by atoms with Crippen LogP contribution >= 0.6 is 0 Å². The maximum atomic E-state index is 10.0. The molecular weight excluding hydrogens is 470 g/mol. The largest absolute Gasteiger partial charge is 0.512 e. The fourth-order valence-electron chi connectivity index (χ4n) is 1.86. The van der Waals surface area contributed by atoms with Crippen molar-refractivity contribution in [2.75, 3.05) is 0 Å². The van der Waals surface area contributed by atoms with Crippen LogP contribution in [0.3, 0.4) is 0 Å². The Hall–Kier alpha value is -2.23. The van der Waals surface area contributed by atoms with Gasteiger partial charge in [0.15, 0.2) is 5.78 Å². The van der Waals surface area contributed by atoms with E-state index in [9.17, 15) is 4.79 Å². The summed E-state index contributed by atoms with van der Waals surface area (Å²) in [5.74, 6) is -0.0625. The summed E-state index contributed by atoms with van der Waals surface area (Å²) in [5.41, 5.74) is 2.74. The van der Waals surface area contributed by atoms with Crippen molar-refractivity contribution in [2.45, 2.75) is 13.8 Å². The van der Waals surface area contributed by atoms with Crippen molar-refractivity contribution >= 4 is 16.8 Å². The number of rotatable bonds is 2. The number of hydrogen-bond donors (Lipinski definition) is 1. The minimum Gasteiger partial charge on any atom is -0.512 e. The Labute approximate surface area is 148 Å². The van der Waals surface area contributed by atoms with E-state index in [1.165, 1.54) is 19.9 Å². The maximum absolute atomic E-state index is 10.0. The first-order valence-electron chi connectivity index (χ1n) is 6.74. The number of aromatic nitrogens is 1. The van der Waals surface area contributed by atoms with Gasteiger partial charge in [0, 0.05) is 31.6 Å². The van der Waals surface area contributed by atoms with Gasteiger partial charge in [0.1, 0.15) is 5.58 Å². The van der Waals surface area contributed by atoms with Crippen molar-refractivity contribution in [3.05, 3.63) is 66.8 Å². The van der Waals surface area contributed by atoms with E-state index in [1.807, 2.05) is 36.4 Å². The molecule has 0 saturated heterocycles. The normalized spacial score (nSPS) is 10.4. The van der Waals surface area contributed by atoms with Gasteiger partial charge in [0.25, 0.3) is 0 Å². The van der Waals surface area contributed by atoms with Gasteiger partial charge in [-0.2, -0.15) is 0 Å². The molecule has 0 aliphatic heterocycles. The van der Waals surface area contributed by atoms with Gasteiger partial charge in [0.2, 0.25) is 0 Å². The topological polar surface area (TPSA) is 63.3 Å². The SMILES string of the molecule is CC(=O)/C=C(/C)O.[Ir].[c-]1ccccc1-c1cc2ccoc2cn1. The third-order valence-corrected chi connectivity index (χ3v) is 2.74. The van der Waals surface area contributed by atoms with Crippen LogP contribution in [0.1, 0.15) is 13.8 Å². The quantitative estimate of drug-likeness (QED) is 0.333. The number of hydrogen-bond acceptors (Lipinski definition) is 4. The first kappa shape index (κ1) is 18.8. The first-order chi connectivity index (χ1) is 10.6. The van der Waals surface area contributed by atoms with E-state index in [-0.39, 0.29) is 31.6 Å². The van der Waals surface area contributed by atoms with Crippen molar-refractivity contribution in [1.29, 1.82) is 0 Å². The van der Waals surface area contributed by atoms with Gasteiger partial charge in [-0.1, -0.05) is 6.07 Å². The predicted molar refractivity (Wildman–Crippen MR) is 85.3 cm³/mol. The molecule has 1 aromatic carbocycles. The number of allylic oxidation sites excluding steroid dienone is 2. The summed E-state index contributed by atoms with van der Waals surface area (Å²) >= 11 is 0. The molecule has 3 rings (SSSR count). The monoisotopic (exact) mass is 487 g/mol. The molecule has 4 nitrogen and oxygen atoms in total. The average Bonchev–Trinajstić information content (AvgIpc) is 2.94. The summed E-state index contributed by atoms with van der Waals surface area (Å²) in [7, 11) is 0. The van der Waals surface area contributed by atoms with Crippen molar-refractivity contribution in [3.8, 4) is 11.3 Å². The zero-order valence-corrected chi connectivity index (χ0v) is 15.1. The van der Waals surface area contributed by atoms with Crippen molar-refractivity contribution in [2.24, 2.45) is 0 Å².